The van der Waals surface area contributed by atoms with Gasteiger partial charge in [-0.1, -0.05) is 30.3 Å². The maximum Gasteiger partial charge on any atom is 0.491 e. The van der Waals surface area contributed by atoms with E-state index in [1.54, 1.807) is 0 Å². The molecule has 0 aliphatic carbocycles. The highest BCUT2D eigenvalue weighted by atomic mass is 19.4. The second-order valence-corrected chi connectivity index (χ2v) is 13.4. The Hall–Kier alpha value is -6.63. The van der Waals surface area contributed by atoms with Gasteiger partial charge in [-0.15, -0.1) is 0 Å². The number of nitrogens with zero attached hydrogens (tertiary/aromatic N) is 1. The zero-order valence-electron chi connectivity index (χ0n) is 33.7. The van der Waals surface area contributed by atoms with E-state index in [0.29, 0.717) is 0 Å². The monoisotopic (exact) mass is 1120 g/mol. The third-order valence-electron chi connectivity index (χ3n) is 8.26. The quantitative estimate of drug-likeness (QED) is 0.148. The van der Waals surface area contributed by atoms with Gasteiger partial charge < -0.3 is 52.1 Å². The predicted octanol–water partition coefficient (Wildman–Crippen LogP) is 4.64. The summed E-state index contributed by atoms with van der Waals surface area (Å²) in [6.07, 6.45) is -86.9. The number of benzene rings is 1. The smallest absolute Gasteiger partial charge is 0.449 e. The number of hydrogen-bond donors (Lipinski definition) is 0. The lowest BCUT2D eigenvalue weighted by Gasteiger charge is -2.46. The van der Waals surface area contributed by atoms with Crippen LogP contribution < -0.4 is 0 Å². The minimum atomic E-state index is -6.57. The number of ether oxygens (including phenoxy) is 11. The van der Waals surface area contributed by atoms with Gasteiger partial charge in [0.25, 0.3) is 0 Å². The Labute approximate surface area is 385 Å². The fraction of sp³-hybridized carbons (Fsp3) is 0.576. The summed E-state index contributed by atoms with van der Waals surface area (Å²) in [6, 6.07) is 6.25. The van der Waals surface area contributed by atoms with Gasteiger partial charge in [0.05, 0.1) is 12.7 Å². The number of rotatable bonds is 13. The minimum Gasteiger partial charge on any atom is -0.449 e. The topological polar surface area (TPSA) is 245 Å². The molecule has 2 heterocycles. The molecule has 73 heavy (non-hydrogen) atoms. The molecular formula is C33H18F21NO18. The van der Waals surface area contributed by atoms with Crippen LogP contribution in [0.3, 0.4) is 0 Å². The Kier molecular flexibility index (Phi) is 18.5. The molecule has 0 bridgehead atoms. The van der Waals surface area contributed by atoms with Crippen molar-refractivity contribution in [2.24, 2.45) is 0 Å². The predicted molar refractivity (Wildman–Crippen MR) is 167 cm³/mol. The van der Waals surface area contributed by atoms with E-state index in [4.69, 9.17) is 9.47 Å². The van der Waals surface area contributed by atoms with Crippen molar-refractivity contribution in [1.29, 1.82) is 5.26 Å². The first-order valence-electron chi connectivity index (χ1n) is 18.0. The van der Waals surface area contributed by atoms with Gasteiger partial charge >= 0.3 is 85.0 Å². The Morgan fingerprint density at radius 3 is 1.08 bits per heavy atom. The zero-order chi connectivity index (χ0) is 56.2. The van der Waals surface area contributed by atoms with Crippen molar-refractivity contribution >= 4 is 41.8 Å². The summed E-state index contributed by atoms with van der Waals surface area (Å²) in [4.78, 5) is 84.0. The maximum absolute atomic E-state index is 13.6. The first kappa shape index (κ1) is 60.7. The molecule has 410 valence electrons. The Balaban J connectivity index is 2.42. The molecular weight excluding hydrogens is 1100 g/mol. The van der Waals surface area contributed by atoms with E-state index in [0.717, 1.165) is 24.3 Å². The Bertz CT molecular complexity index is 2220. The first-order valence-corrected chi connectivity index (χ1v) is 18.0. The summed E-state index contributed by atoms with van der Waals surface area (Å²) in [5.74, 6) is -26.6. The number of nitriles is 1. The summed E-state index contributed by atoms with van der Waals surface area (Å²) in [6.45, 7) is -2.53. The van der Waals surface area contributed by atoms with Gasteiger partial charge in [0, 0.05) is 0 Å². The summed E-state index contributed by atoms with van der Waals surface area (Å²) in [5.41, 5.74) is -0.499. The molecule has 0 spiro atoms. The van der Waals surface area contributed by atoms with Gasteiger partial charge in [-0.3, -0.25) is 0 Å². The van der Waals surface area contributed by atoms with E-state index in [1.165, 1.54) is 12.1 Å². The molecule has 0 aromatic heterocycles. The van der Waals surface area contributed by atoms with Crippen molar-refractivity contribution < 1.29 is 178 Å². The molecule has 2 saturated heterocycles. The second-order valence-electron chi connectivity index (χ2n) is 13.4. The molecule has 11 atom stereocenters. The molecule has 1 aromatic carbocycles. The fourth-order valence-corrected chi connectivity index (χ4v) is 5.37. The standard InChI is InChI=1S/C33H18F21NO18/c34-27(35,36)20(56)66-11-10(65-18(64-9(6-55)8-4-2-1-3-5-8)15(70-24(60)31(46,47)48)12(11)67-21(57)28(37,38)39)7-63-17-14(69-23(59)30(43,44)45)13(68-22(58)29(40,41)42)16(71-25(61)32(49,50)51)19(72-17)73-26(62)33(52,53)54/h1-5,9-19H,7H2/t9?,10?,11-,12?,13?,14?,15?,16-,17-,18-,19?/m1/s1. The largest absolute Gasteiger partial charge is 0.491 e. The first-order chi connectivity index (χ1) is 33.0. The molecule has 2 aliphatic heterocycles. The zero-order valence-corrected chi connectivity index (χ0v) is 33.7. The van der Waals surface area contributed by atoms with Crippen molar-refractivity contribution in [3.8, 4) is 6.07 Å². The number of hydrogen-bond acceptors (Lipinski definition) is 19. The summed E-state index contributed by atoms with van der Waals surface area (Å²) < 4.78 is 329. The van der Waals surface area contributed by atoms with Gasteiger partial charge in [0.2, 0.25) is 25.0 Å². The Morgan fingerprint density at radius 2 is 0.726 bits per heavy atom. The molecule has 2 fully saturated rings. The molecule has 19 nitrogen and oxygen atoms in total. The minimum absolute atomic E-state index is 0.499. The van der Waals surface area contributed by atoms with Gasteiger partial charge in [-0.2, -0.15) is 97.5 Å². The van der Waals surface area contributed by atoms with Crippen molar-refractivity contribution in [1.82, 2.24) is 0 Å². The Morgan fingerprint density at radius 1 is 0.425 bits per heavy atom. The second kappa shape index (κ2) is 22.2. The highest BCUT2D eigenvalue weighted by molar-refractivity contribution is 5.79. The summed E-state index contributed by atoms with van der Waals surface area (Å²) in [7, 11) is 0. The molecule has 3 rings (SSSR count). The van der Waals surface area contributed by atoms with E-state index in [1.807, 2.05) is 0 Å². The molecule has 2 aliphatic rings. The molecule has 1 aromatic rings. The highest BCUT2D eigenvalue weighted by Gasteiger charge is 2.63. The van der Waals surface area contributed by atoms with Crippen LogP contribution in [0.25, 0.3) is 0 Å². The van der Waals surface area contributed by atoms with Crippen LogP contribution in [-0.2, 0) is 85.7 Å². The molecule has 7 unspecified atom stereocenters. The number of carbonyl (C=O) groups excluding carboxylic acids is 7. The molecule has 40 heteroatoms. The normalized spacial score (nSPS) is 25.7. The van der Waals surface area contributed by atoms with Crippen molar-refractivity contribution in [3.63, 3.8) is 0 Å². The van der Waals surface area contributed by atoms with Crippen molar-refractivity contribution in [2.75, 3.05) is 6.61 Å². The number of carbonyl (C=O) groups is 7. The van der Waals surface area contributed by atoms with Crippen LogP contribution in [0.1, 0.15) is 11.7 Å². The van der Waals surface area contributed by atoms with Gasteiger partial charge in [0.1, 0.15) is 6.10 Å². The number of alkyl halides is 21. The average molecular weight is 1120 g/mol. The highest BCUT2D eigenvalue weighted by Crippen LogP contribution is 2.39. The molecule has 0 N–H and O–H groups in total. The van der Waals surface area contributed by atoms with Crippen molar-refractivity contribution in [2.45, 2.75) is 111 Å². The van der Waals surface area contributed by atoms with Crippen LogP contribution in [0.15, 0.2) is 30.3 Å². The van der Waals surface area contributed by atoms with Crippen LogP contribution in [0.2, 0.25) is 0 Å². The van der Waals surface area contributed by atoms with Gasteiger partial charge in [0.15, 0.2) is 36.6 Å². The van der Waals surface area contributed by atoms with Crippen LogP contribution >= 0.6 is 0 Å². The van der Waals surface area contributed by atoms with E-state index < -0.39 is 165 Å². The maximum atomic E-state index is 13.6. The lowest BCUT2D eigenvalue weighted by Crippen LogP contribution is -2.66. The number of halogens is 21. The fourth-order valence-electron chi connectivity index (χ4n) is 5.37. The summed E-state index contributed by atoms with van der Waals surface area (Å²) >= 11 is 0. The van der Waals surface area contributed by atoms with E-state index in [2.05, 4.69) is 42.6 Å². The molecule has 0 saturated carbocycles. The van der Waals surface area contributed by atoms with Crippen LogP contribution in [0, 0.1) is 11.3 Å². The average Bonchev–Trinajstić information content (AvgIpc) is 3.23. The SMILES string of the molecule is N#CC(O[C@@H]1OC(CO[C@@H]2OC(OC(=O)C(F)(F)F)[C@H](OC(=O)C(F)(F)F)C(OC(=O)C(F)(F)F)C2OC(=O)C(F)(F)F)[C@@H](OC(=O)C(F)(F)F)C(OC(=O)C(F)(F)F)C1OC(=O)C(F)(F)F)c1ccccc1. The third-order valence-corrected chi connectivity index (χ3v) is 8.26. The van der Waals surface area contributed by atoms with E-state index in [-0.39, 0.29) is 0 Å². The van der Waals surface area contributed by atoms with Crippen LogP contribution in [0.4, 0.5) is 92.2 Å². The lowest BCUT2D eigenvalue weighted by atomic mass is 9.97. The molecule has 0 amide bonds. The molecule has 0 radical (unpaired) electrons. The summed E-state index contributed by atoms with van der Waals surface area (Å²) in [5, 5.41) is 9.76. The van der Waals surface area contributed by atoms with Crippen LogP contribution in [0.5, 0.6) is 0 Å². The van der Waals surface area contributed by atoms with Gasteiger partial charge in [-0.05, 0) is 5.56 Å². The lowest BCUT2D eigenvalue weighted by molar-refractivity contribution is -0.367. The number of esters is 7. The van der Waals surface area contributed by atoms with E-state index >= 15 is 0 Å². The van der Waals surface area contributed by atoms with Crippen LogP contribution in [-0.4, -0.2) is 153 Å². The van der Waals surface area contributed by atoms with Gasteiger partial charge in [-0.25, -0.2) is 33.6 Å². The third kappa shape index (κ3) is 16.4. The van der Waals surface area contributed by atoms with E-state index in [9.17, 15) is 131 Å². The van der Waals surface area contributed by atoms with Crippen molar-refractivity contribution in [3.05, 3.63) is 35.9 Å².